The van der Waals surface area contributed by atoms with Crippen molar-refractivity contribution in [2.45, 2.75) is 63.7 Å². The first-order chi connectivity index (χ1) is 10.7. The van der Waals surface area contributed by atoms with Crippen LogP contribution in [0.3, 0.4) is 0 Å². The zero-order valence-electron chi connectivity index (χ0n) is 12.6. The SMILES string of the molecule is O=C(OC1(C2CC3CCC2C3)CCCC1)C1(C23[B]I2[B]3)N[I-]1. The number of ether oxygens (including phenoxy) is 1. The third-order valence-corrected chi connectivity index (χ3v) is 16.5. The quantitative estimate of drug-likeness (QED) is 0.0983. The van der Waals surface area contributed by atoms with Gasteiger partial charge in [0, 0.05) is 0 Å². The molecule has 0 spiro atoms. The Kier molecular flexibility index (Phi) is 2.84. The van der Waals surface area contributed by atoms with Gasteiger partial charge in [0.05, 0.1) is 0 Å². The normalized spacial score (nSPS) is 49.5. The van der Waals surface area contributed by atoms with E-state index in [0.29, 0.717) is 9.14 Å². The summed E-state index contributed by atoms with van der Waals surface area (Å²) in [6.07, 6.45) is 10.4. The van der Waals surface area contributed by atoms with Crippen molar-refractivity contribution in [3.8, 4) is 0 Å². The summed E-state index contributed by atoms with van der Waals surface area (Å²) < 4.78 is 10.1. The molecule has 6 aliphatic rings. The average molecular weight is 522 g/mol. The van der Waals surface area contributed by atoms with Crippen LogP contribution in [0.25, 0.3) is 0 Å². The van der Waals surface area contributed by atoms with Crippen molar-refractivity contribution in [1.82, 2.24) is 3.53 Å². The number of fused-ring (bicyclic) bond motifs is 3. The van der Waals surface area contributed by atoms with Crippen LogP contribution in [0.2, 0.25) is 0 Å². The first kappa shape index (κ1) is 14.2. The molecule has 3 saturated carbocycles. The Morgan fingerprint density at radius 3 is 2.45 bits per heavy atom. The second kappa shape index (κ2) is 4.40. The Labute approximate surface area is 150 Å². The number of hydrogen-bond acceptors (Lipinski definition) is 3. The van der Waals surface area contributed by atoms with Gasteiger partial charge in [-0.2, -0.15) is 0 Å². The molecule has 1 N–H and O–H groups in total. The van der Waals surface area contributed by atoms with E-state index in [0.717, 1.165) is 24.7 Å². The summed E-state index contributed by atoms with van der Waals surface area (Å²) >= 11 is -0.987. The molecule has 4 atom stereocenters. The van der Waals surface area contributed by atoms with E-state index in [1.165, 1.54) is 38.5 Å². The molecule has 0 aromatic heterocycles. The van der Waals surface area contributed by atoms with Crippen molar-refractivity contribution >= 4 is 35.6 Å². The van der Waals surface area contributed by atoms with Gasteiger partial charge in [0.2, 0.25) is 0 Å². The van der Waals surface area contributed by atoms with E-state index in [9.17, 15) is 4.79 Å². The van der Waals surface area contributed by atoms with Gasteiger partial charge in [-0.3, -0.25) is 0 Å². The Bertz CT molecular complexity index is 558. The van der Waals surface area contributed by atoms with Gasteiger partial charge in [-0.1, -0.05) is 0 Å². The van der Waals surface area contributed by atoms with Crippen LogP contribution in [0.5, 0.6) is 0 Å². The molecular weight excluding hydrogens is 502 g/mol. The summed E-state index contributed by atoms with van der Waals surface area (Å²) in [7, 11) is 0. The maximum atomic E-state index is 13.1. The average Bonchev–Trinajstić information content (AvgIpc) is 3.40. The number of nitrogens with one attached hydrogen (secondary N) is 1. The molecule has 0 aromatic carbocycles. The van der Waals surface area contributed by atoms with E-state index >= 15 is 0 Å². The molecule has 0 amide bonds. The zero-order valence-corrected chi connectivity index (χ0v) is 16.9. The molecule has 4 unspecified atom stereocenters. The second-order valence-electron chi connectivity index (χ2n) is 8.12. The van der Waals surface area contributed by atoms with Gasteiger partial charge in [-0.15, -0.1) is 0 Å². The number of alkyl halides is 2. The molecule has 3 nitrogen and oxygen atoms in total. The minimum absolute atomic E-state index is 0.0720. The van der Waals surface area contributed by atoms with Gasteiger partial charge in [0.15, 0.2) is 0 Å². The summed E-state index contributed by atoms with van der Waals surface area (Å²) in [5.41, 5.74) is -0.0720. The topological polar surface area (TPSA) is 48.2 Å². The number of carbonyl (C=O) groups is 1. The fraction of sp³-hybridized carbons (Fsp3) is 0.933. The fourth-order valence-electron chi connectivity index (χ4n) is 5.68. The van der Waals surface area contributed by atoms with E-state index in [-0.39, 0.29) is 36.6 Å². The molecular formula is C15H20B2I2NO2-. The third kappa shape index (κ3) is 1.72. The zero-order chi connectivity index (χ0) is 14.6. The molecule has 6 rings (SSSR count). The van der Waals surface area contributed by atoms with Crippen LogP contribution in [0.4, 0.5) is 0 Å². The molecule has 3 aliphatic heterocycles. The molecule has 7 heteroatoms. The number of rotatable bonds is 4. The van der Waals surface area contributed by atoms with Crippen molar-refractivity contribution < 1.29 is 31.0 Å². The molecule has 118 valence electrons. The predicted octanol–water partition coefficient (Wildman–Crippen LogP) is -0.992. The van der Waals surface area contributed by atoms with Crippen LogP contribution in [0.1, 0.15) is 51.4 Å². The third-order valence-electron chi connectivity index (χ3n) is 7.07. The Morgan fingerprint density at radius 2 is 1.95 bits per heavy atom. The van der Waals surface area contributed by atoms with Crippen molar-refractivity contribution in [2.75, 3.05) is 0 Å². The molecule has 3 saturated heterocycles. The van der Waals surface area contributed by atoms with E-state index in [1.807, 2.05) is 0 Å². The molecule has 0 aromatic rings. The van der Waals surface area contributed by atoms with Crippen LogP contribution in [-0.2, 0) is 9.53 Å². The van der Waals surface area contributed by atoms with Gasteiger partial charge in [0.1, 0.15) is 0 Å². The van der Waals surface area contributed by atoms with Crippen molar-refractivity contribution in [3.05, 3.63) is 0 Å². The van der Waals surface area contributed by atoms with E-state index in [1.54, 1.807) is 0 Å². The van der Waals surface area contributed by atoms with Crippen LogP contribution >= 0.6 is 19.4 Å². The summed E-state index contributed by atoms with van der Waals surface area (Å²) in [5, 5.41) is 4.99. The maximum absolute atomic E-state index is 13.1. The number of hydrogen-bond donors (Lipinski definition) is 1. The van der Waals surface area contributed by atoms with Gasteiger partial charge < -0.3 is 0 Å². The van der Waals surface area contributed by atoms with E-state index < -0.39 is 19.4 Å². The summed E-state index contributed by atoms with van der Waals surface area (Å²) in [5.74, 6) is 2.64. The van der Waals surface area contributed by atoms with Gasteiger partial charge in [0.25, 0.3) is 0 Å². The van der Waals surface area contributed by atoms with Crippen LogP contribution in [0, 0.1) is 17.8 Å². The first-order valence-corrected chi connectivity index (χ1v) is 14.4. The van der Waals surface area contributed by atoms with Gasteiger partial charge in [-0.05, 0) is 0 Å². The number of carbonyl (C=O) groups excluding carboxylic acids is 1. The second-order valence-corrected chi connectivity index (χ2v) is 15.8. The number of esters is 1. The standard InChI is InChI=1S/C15H20B2I2NO2/c21-12(14(18-20-14)15-16-19(15)17-15)22-13(5-1-2-6-13)11-8-9-3-4-10(11)7-9/h9-11,20H,1-8H2/q-1. The van der Waals surface area contributed by atoms with Crippen LogP contribution in [-0.4, -0.2) is 28.6 Å². The summed E-state index contributed by atoms with van der Waals surface area (Å²) in [6.45, 7) is 0. The van der Waals surface area contributed by atoms with E-state index in [2.05, 4.69) is 13.8 Å². The first-order valence-electron chi connectivity index (χ1n) is 8.72. The number of halogens is 2. The van der Waals surface area contributed by atoms with E-state index in [4.69, 9.17) is 4.74 Å². The van der Waals surface area contributed by atoms with Gasteiger partial charge >= 0.3 is 152 Å². The fourth-order valence-corrected chi connectivity index (χ4v) is 17.3. The Balaban J connectivity index is 1.27. The monoisotopic (exact) mass is 522 g/mol. The molecule has 3 aliphatic carbocycles. The molecule has 3 heterocycles. The minimum atomic E-state index is -0.836. The predicted molar refractivity (Wildman–Crippen MR) is 90.4 cm³/mol. The molecule has 22 heavy (non-hydrogen) atoms. The van der Waals surface area contributed by atoms with Gasteiger partial charge in [-0.25, -0.2) is 0 Å². The van der Waals surface area contributed by atoms with Crippen LogP contribution < -0.4 is 25.0 Å². The molecule has 6 fully saturated rings. The van der Waals surface area contributed by atoms with Crippen molar-refractivity contribution in [1.29, 1.82) is 0 Å². The van der Waals surface area contributed by atoms with Crippen molar-refractivity contribution in [2.24, 2.45) is 17.8 Å². The van der Waals surface area contributed by atoms with Crippen LogP contribution in [0.15, 0.2) is 0 Å². The Hall–Kier alpha value is 1.02. The molecule has 2 bridgehead atoms. The van der Waals surface area contributed by atoms with Crippen molar-refractivity contribution in [3.63, 3.8) is 0 Å². The summed E-state index contributed by atoms with van der Waals surface area (Å²) in [6, 6.07) is 0. The molecule has 2 radical (unpaired) electrons. The Morgan fingerprint density at radius 1 is 1.23 bits per heavy atom. The summed E-state index contributed by atoms with van der Waals surface area (Å²) in [4.78, 5) is 13.1.